The first kappa shape index (κ1) is 9.43. The molecule has 2 nitrogen and oxygen atoms in total. The van der Waals surface area contributed by atoms with Gasteiger partial charge in [0.25, 0.3) is 0 Å². The molecule has 0 aliphatic heterocycles. The van der Waals surface area contributed by atoms with Gasteiger partial charge >= 0.3 is 0 Å². The van der Waals surface area contributed by atoms with E-state index in [9.17, 15) is 10.2 Å². The summed E-state index contributed by atoms with van der Waals surface area (Å²) < 4.78 is 0. The number of hydrogen-bond acceptors (Lipinski definition) is 2. The Kier molecular flexibility index (Phi) is 1.65. The zero-order chi connectivity index (χ0) is 10.9. The summed E-state index contributed by atoms with van der Waals surface area (Å²) in [5.41, 5.74) is -0.622. The maximum atomic E-state index is 10.9. The lowest BCUT2D eigenvalue weighted by Gasteiger charge is -2.41. The van der Waals surface area contributed by atoms with E-state index >= 15 is 0 Å². The standard InChI is InChI=1S/C14H18O2/c15-13-10-3-2-9(6-10)12(13)14(16)7-8-1-4-11(14)5-8/h1-4,8-13,15-16H,5-7H2/t8-,9+,10-,11+,12-,13+,14-/m1/s1. The van der Waals surface area contributed by atoms with Gasteiger partial charge < -0.3 is 10.2 Å². The Labute approximate surface area is 95.7 Å². The third kappa shape index (κ3) is 0.957. The Morgan fingerprint density at radius 3 is 2.38 bits per heavy atom. The molecule has 0 heterocycles. The monoisotopic (exact) mass is 218 g/mol. The zero-order valence-electron chi connectivity index (χ0n) is 9.29. The molecule has 0 spiro atoms. The minimum Gasteiger partial charge on any atom is -0.392 e. The fourth-order valence-electron chi connectivity index (χ4n) is 4.71. The van der Waals surface area contributed by atoms with Crippen LogP contribution in [0, 0.1) is 29.6 Å². The van der Waals surface area contributed by atoms with Gasteiger partial charge in [-0.2, -0.15) is 0 Å². The van der Waals surface area contributed by atoms with Crippen LogP contribution < -0.4 is 0 Å². The Morgan fingerprint density at radius 1 is 1.00 bits per heavy atom. The Balaban J connectivity index is 1.71. The van der Waals surface area contributed by atoms with Crippen LogP contribution >= 0.6 is 0 Å². The van der Waals surface area contributed by atoms with Crippen LogP contribution in [0.3, 0.4) is 0 Å². The van der Waals surface area contributed by atoms with Crippen molar-refractivity contribution >= 4 is 0 Å². The molecular weight excluding hydrogens is 200 g/mol. The molecule has 0 aromatic rings. The first-order chi connectivity index (χ1) is 7.68. The molecule has 4 aliphatic rings. The van der Waals surface area contributed by atoms with Crippen LogP contribution in [0.1, 0.15) is 19.3 Å². The smallest absolute Gasteiger partial charge is 0.0774 e. The van der Waals surface area contributed by atoms with E-state index in [0.717, 1.165) is 19.3 Å². The minimum atomic E-state index is -0.622. The maximum Gasteiger partial charge on any atom is 0.0774 e. The molecule has 0 aromatic heterocycles. The predicted molar refractivity (Wildman–Crippen MR) is 60.5 cm³/mol. The van der Waals surface area contributed by atoms with Gasteiger partial charge in [-0.05, 0) is 31.1 Å². The fourth-order valence-corrected chi connectivity index (χ4v) is 4.71. The molecule has 2 fully saturated rings. The zero-order valence-corrected chi connectivity index (χ0v) is 9.29. The summed E-state index contributed by atoms with van der Waals surface area (Å²) >= 11 is 0. The molecule has 0 amide bonds. The average Bonchev–Trinajstić information content (AvgIpc) is 2.92. The molecule has 4 aliphatic carbocycles. The van der Waals surface area contributed by atoms with Crippen molar-refractivity contribution in [1.82, 2.24) is 0 Å². The van der Waals surface area contributed by atoms with Crippen LogP contribution in [0.4, 0.5) is 0 Å². The van der Waals surface area contributed by atoms with E-state index in [0.29, 0.717) is 23.7 Å². The fraction of sp³-hybridized carbons (Fsp3) is 0.714. The molecule has 0 radical (unpaired) electrons. The normalized spacial score (nSPS) is 61.4. The molecule has 7 atom stereocenters. The van der Waals surface area contributed by atoms with Crippen molar-refractivity contribution in [1.29, 1.82) is 0 Å². The van der Waals surface area contributed by atoms with E-state index < -0.39 is 5.60 Å². The molecule has 16 heavy (non-hydrogen) atoms. The molecule has 4 bridgehead atoms. The number of allylic oxidation sites excluding steroid dienone is 2. The number of aliphatic hydroxyl groups is 2. The van der Waals surface area contributed by atoms with Crippen molar-refractivity contribution in [2.75, 3.05) is 0 Å². The van der Waals surface area contributed by atoms with Gasteiger partial charge in [-0.3, -0.25) is 0 Å². The SMILES string of the molecule is O[C@@H]1[C@H]([C@@]2(O)C[C@@H]3C=C[C@H]2C3)[C@H]2C=C[C@@H]1C2. The molecule has 86 valence electrons. The largest absolute Gasteiger partial charge is 0.392 e. The topological polar surface area (TPSA) is 40.5 Å². The average molecular weight is 218 g/mol. The summed E-state index contributed by atoms with van der Waals surface area (Å²) in [6, 6.07) is 0. The van der Waals surface area contributed by atoms with Crippen molar-refractivity contribution < 1.29 is 10.2 Å². The van der Waals surface area contributed by atoms with Crippen LogP contribution in [0.2, 0.25) is 0 Å². The van der Waals surface area contributed by atoms with Crippen LogP contribution in [-0.2, 0) is 0 Å². The Morgan fingerprint density at radius 2 is 1.81 bits per heavy atom. The van der Waals surface area contributed by atoms with Crippen molar-refractivity contribution in [3.63, 3.8) is 0 Å². The second-order valence-electron chi connectivity index (χ2n) is 6.15. The third-order valence-corrected chi connectivity index (χ3v) is 5.40. The molecule has 2 saturated carbocycles. The minimum absolute atomic E-state index is 0.0856. The van der Waals surface area contributed by atoms with Crippen LogP contribution in [0.15, 0.2) is 24.3 Å². The molecule has 0 unspecified atom stereocenters. The van der Waals surface area contributed by atoms with Crippen molar-refractivity contribution in [2.45, 2.75) is 31.0 Å². The highest BCUT2D eigenvalue weighted by Crippen LogP contribution is 2.58. The lowest BCUT2D eigenvalue weighted by molar-refractivity contribution is -0.0926. The van der Waals surface area contributed by atoms with Crippen molar-refractivity contribution in [2.24, 2.45) is 29.6 Å². The van der Waals surface area contributed by atoms with Gasteiger partial charge in [-0.1, -0.05) is 24.3 Å². The Hall–Kier alpha value is -0.600. The summed E-state index contributed by atoms with van der Waals surface area (Å²) in [6.45, 7) is 0. The number of fused-ring (bicyclic) bond motifs is 4. The molecule has 0 saturated heterocycles. The van der Waals surface area contributed by atoms with E-state index in [-0.39, 0.29) is 12.0 Å². The van der Waals surface area contributed by atoms with Crippen LogP contribution in [0.5, 0.6) is 0 Å². The van der Waals surface area contributed by atoms with Crippen molar-refractivity contribution in [3.05, 3.63) is 24.3 Å². The summed E-state index contributed by atoms with van der Waals surface area (Å²) in [5, 5.41) is 21.2. The Bertz CT molecular complexity index is 386. The van der Waals surface area contributed by atoms with Crippen LogP contribution in [-0.4, -0.2) is 21.9 Å². The predicted octanol–water partition coefficient (Wildman–Crippen LogP) is 1.50. The molecule has 2 heteroatoms. The van der Waals surface area contributed by atoms with E-state index in [2.05, 4.69) is 24.3 Å². The lowest BCUT2D eigenvalue weighted by atomic mass is 9.70. The highest BCUT2D eigenvalue weighted by atomic mass is 16.3. The molecule has 0 aromatic carbocycles. The maximum absolute atomic E-state index is 10.9. The molecule has 4 rings (SSSR count). The molecule has 2 N–H and O–H groups in total. The van der Waals surface area contributed by atoms with Gasteiger partial charge in [-0.25, -0.2) is 0 Å². The van der Waals surface area contributed by atoms with Crippen molar-refractivity contribution in [3.8, 4) is 0 Å². The summed E-state index contributed by atoms with van der Waals surface area (Å²) in [7, 11) is 0. The lowest BCUT2D eigenvalue weighted by Crippen LogP contribution is -2.49. The van der Waals surface area contributed by atoms with E-state index in [1.807, 2.05) is 0 Å². The van der Waals surface area contributed by atoms with E-state index in [1.165, 1.54) is 0 Å². The van der Waals surface area contributed by atoms with E-state index in [4.69, 9.17) is 0 Å². The summed E-state index contributed by atoms with van der Waals surface area (Å²) in [5.74, 6) is 1.66. The number of hydrogen-bond donors (Lipinski definition) is 2. The number of aliphatic hydroxyl groups excluding tert-OH is 1. The van der Waals surface area contributed by atoms with Gasteiger partial charge in [0.2, 0.25) is 0 Å². The van der Waals surface area contributed by atoms with Gasteiger partial charge in [-0.15, -0.1) is 0 Å². The summed E-state index contributed by atoms with van der Waals surface area (Å²) in [4.78, 5) is 0. The first-order valence-electron chi connectivity index (χ1n) is 6.45. The second-order valence-corrected chi connectivity index (χ2v) is 6.15. The van der Waals surface area contributed by atoms with E-state index in [1.54, 1.807) is 0 Å². The van der Waals surface area contributed by atoms with Gasteiger partial charge in [0.15, 0.2) is 0 Å². The van der Waals surface area contributed by atoms with Gasteiger partial charge in [0, 0.05) is 17.8 Å². The highest BCUT2D eigenvalue weighted by molar-refractivity contribution is 5.25. The van der Waals surface area contributed by atoms with Crippen LogP contribution in [0.25, 0.3) is 0 Å². The van der Waals surface area contributed by atoms with Gasteiger partial charge in [0.05, 0.1) is 11.7 Å². The quantitative estimate of drug-likeness (QED) is 0.655. The molecular formula is C14H18O2. The summed E-state index contributed by atoms with van der Waals surface area (Å²) in [6.07, 6.45) is 11.5. The van der Waals surface area contributed by atoms with Gasteiger partial charge in [0.1, 0.15) is 0 Å². The second kappa shape index (κ2) is 2.80. The number of rotatable bonds is 1. The first-order valence-corrected chi connectivity index (χ1v) is 6.45. The highest BCUT2D eigenvalue weighted by Gasteiger charge is 2.59. The third-order valence-electron chi connectivity index (χ3n) is 5.40.